The molecule has 0 saturated heterocycles. The van der Waals surface area contributed by atoms with Gasteiger partial charge in [0.25, 0.3) is 0 Å². The Morgan fingerprint density at radius 1 is 0.395 bits per heavy atom. The van der Waals surface area contributed by atoms with Gasteiger partial charge in [0.05, 0.1) is 26.4 Å². The highest BCUT2D eigenvalue weighted by molar-refractivity contribution is 5.82. The average Bonchev–Trinajstić information content (AvgIpc) is 3.40. The normalized spacial score (nSPS) is 11.3. The van der Waals surface area contributed by atoms with Gasteiger partial charge in [-0.25, -0.2) is 19.2 Å². The molecule has 76 heavy (non-hydrogen) atoms. The molecule has 4 rings (SSSR count). The first-order chi connectivity index (χ1) is 36.1. The van der Waals surface area contributed by atoms with Crippen LogP contribution in [0.25, 0.3) is 0 Å². The molecule has 0 heterocycles. The number of aryl methyl sites for hydroxylation is 2. The van der Waals surface area contributed by atoms with Crippen LogP contribution in [0.15, 0.2) is 148 Å². The van der Waals surface area contributed by atoms with Crippen molar-refractivity contribution < 1.29 is 76.8 Å². The molecule has 0 aromatic heterocycles. The molecule has 0 fully saturated rings. The number of ether oxygens (including phenoxy) is 10. The number of hydrogen-bond donors (Lipinski definition) is 2. The summed E-state index contributed by atoms with van der Waals surface area (Å²) < 4.78 is 51.2. The van der Waals surface area contributed by atoms with E-state index in [0.717, 1.165) is 41.4 Å². The van der Waals surface area contributed by atoms with E-state index >= 15 is 0 Å². The lowest BCUT2D eigenvalue weighted by atomic mass is 9.87. The lowest BCUT2D eigenvalue weighted by molar-refractivity contribution is -0.142. The Balaban J connectivity index is 0.000000508. The lowest BCUT2D eigenvalue weighted by Crippen LogP contribution is -2.24. The number of aliphatic hydroxyl groups is 2. The highest BCUT2D eigenvalue weighted by Crippen LogP contribution is 2.25. The Bertz CT molecular complexity index is 2280. The number of carbonyl (C=O) groups is 4. The minimum Gasteiger partial charge on any atom is -0.491 e. The van der Waals surface area contributed by atoms with Gasteiger partial charge in [-0.2, -0.15) is 0 Å². The van der Waals surface area contributed by atoms with Gasteiger partial charge in [-0.3, -0.25) is 0 Å². The zero-order valence-electron chi connectivity index (χ0n) is 45.6. The highest BCUT2D eigenvalue weighted by Gasteiger charge is 2.15. The second kappa shape index (κ2) is 38.3. The molecule has 16 nitrogen and oxygen atoms in total. The largest absolute Gasteiger partial charge is 0.491 e. The minimum atomic E-state index is -0.860. The first-order valence-electron chi connectivity index (χ1n) is 24.6. The van der Waals surface area contributed by atoms with Crippen LogP contribution >= 0.6 is 0 Å². The first kappa shape index (κ1) is 66.8. The van der Waals surface area contributed by atoms with E-state index < -0.39 is 36.1 Å². The van der Waals surface area contributed by atoms with Crippen LogP contribution in [-0.4, -0.2) is 126 Å². The van der Waals surface area contributed by atoms with E-state index in [4.69, 9.17) is 42.6 Å². The fourth-order valence-corrected chi connectivity index (χ4v) is 5.49. The maximum Gasteiger partial charge on any atom is 0.330 e. The number of carbonyl (C=O) groups excluding carboxylic acids is 4. The SMILES string of the molecule is C=CC(=O)OCC(O)COc1ccc(C(C)(C)C)cc1.C=CC(=O)OCC(O)COc1ccc(C)cc1.C=CC(=O)OCCOCCOc1ccc(C(C)(C)C)cc1.C=CC(=O)OCCOCCOc1ccc(C)cc1. The van der Waals surface area contributed by atoms with E-state index in [1.165, 1.54) is 16.7 Å². The summed E-state index contributed by atoms with van der Waals surface area (Å²) in [5.41, 5.74) is 5.06. The van der Waals surface area contributed by atoms with Crippen molar-refractivity contribution in [3.63, 3.8) is 0 Å². The molecule has 16 heteroatoms. The molecule has 0 aliphatic rings. The van der Waals surface area contributed by atoms with Gasteiger partial charge in [0.2, 0.25) is 0 Å². The summed E-state index contributed by atoms with van der Waals surface area (Å²) in [6.45, 7) is 33.0. The summed E-state index contributed by atoms with van der Waals surface area (Å²) in [7, 11) is 0. The summed E-state index contributed by atoms with van der Waals surface area (Å²) in [5.74, 6) is 1.00. The number of aliphatic hydroxyl groups excluding tert-OH is 2. The summed E-state index contributed by atoms with van der Waals surface area (Å²) in [6.07, 6.45) is 2.65. The molecule has 0 spiro atoms. The zero-order chi connectivity index (χ0) is 56.8. The Kier molecular flexibility index (Phi) is 33.7. The molecular weight excluding hydrogens is 977 g/mol. The summed E-state index contributed by atoms with van der Waals surface area (Å²) >= 11 is 0. The van der Waals surface area contributed by atoms with E-state index in [-0.39, 0.29) is 50.5 Å². The molecule has 0 aliphatic heterocycles. The summed E-state index contributed by atoms with van der Waals surface area (Å²) in [6, 6.07) is 31.1. The van der Waals surface area contributed by atoms with Crippen molar-refractivity contribution in [3.8, 4) is 23.0 Å². The quantitative estimate of drug-likeness (QED) is 0.0236. The predicted molar refractivity (Wildman–Crippen MR) is 293 cm³/mol. The predicted octanol–water partition coefficient (Wildman–Crippen LogP) is 9.15. The minimum absolute atomic E-state index is 0.0687. The fourth-order valence-electron chi connectivity index (χ4n) is 5.49. The highest BCUT2D eigenvalue weighted by atomic mass is 16.6. The number of benzene rings is 4. The van der Waals surface area contributed by atoms with Crippen LogP contribution in [0.5, 0.6) is 23.0 Å². The molecule has 0 bridgehead atoms. The Hall–Kier alpha value is -7.24. The Morgan fingerprint density at radius 3 is 0.947 bits per heavy atom. The first-order valence-corrected chi connectivity index (χ1v) is 24.6. The smallest absolute Gasteiger partial charge is 0.330 e. The molecule has 2 unspecified atom stereocenters. The van der Waals surface area contributed by atoms with Gasteiger partial charge in [0.1, 0.15) is 88.1 Å². The maximum atomic E-state index is 10.8. The molecule has 0 saturated carbocycles. The van der Waals surface area contributed by atoms with Crippen molar-refractivity contribution in [1.29, 1.82) is 0 Å². The Morgan fingerprint density at radius 2 is 0.658 bits per heavy atom. The van der Waals surface area contributed by atoms with E-state index in [1.807, 2.05) is 98.8 Å². The monoisotopic (exact) mass is 1060 g/mol. The van der Waals surface area contributed by atoms with Gasteiger partial charge >= 0.3 is 23.9 Å². The van der Waals surface area contributed by atoms with E-state index in [1.54, 1.807) is 0 Å². The van der Waals surface area contributed by atoms with Crippen molar-refractivity contribution >= 4 is 23.9 Å². The van der Waals surface area contributed by atoms with Gasteiger partial charge in [-0.15, -0.1) is 0 Å². The van der Waals surface area contributed by atoms with E-state index in [2.05, 4.69) is 84.7 Å². The van der Waals surface area contributed by atoms with Crippen LogP contribution in [0, 0.1) is 13.8 Å². The van der Waals surface area contributed by atoms with Crippen LogP contribution in [0.2, 0.25) is 0 Å². The zero-order valence-corrected chi connectivity index (χ0v) is 45.6. The summed E-state index contributed by atoms with van der Waals surface area (Å²) in [5, 5.41) is 19.1. The molecule has 416 valence electrons. The third kappa shape index (κ3) is 33.6. The fraction of sp³-hybridized carbons (Fsp3) is 0.400. The second-order valence-corrected chi connectivity index (χ2v) is 18.4. The van der Waals surface area contributed by atoms with E-state index in [0.29, 0.717) is 51.1 Å². The van der Waals surface area contributed by atoms with Gasteiger partial charge in [0, 0.05) is 24.3 Å². The third-order valence-electron chi connectivity index (χ3n) is 9.81. The van der Waals surface area contributed by atoms with Crippen molar-refractivity contribution in [2.24, 2.45) is 0 Å². The topological polar surface area (TPSA) is 201 Å². The molecular formula is C60H80O16. The van der Waals surface area contributed by atoms with Crippen molar-refractivity contribution in [3.05, 3.63) is 170 Å². The van der Waals surface area contributed by atoms with Crippen LogP contribution < -0.4 is 18.9 Å². The number of esters is 4. The molecule has 4 aromatic rings. The van der Waals surface area contributed by atoms with Crippen molar-refractivity contribution in [2.45, 2.75) is 78.4 Å². The van der Waals surface area contributed by atoms with Crippen LogP contribution in [0.1, 0.15) is 63.8 Å². The van der Waals surface area contributed by atoms with Crippen LogP contribution in [-0.2, 0) is 58.4 Å². The number of rotatable bonds is 28. The Labute approximate surface area is 449 Å². The van der Waals surface area contributed by atoms with Crippen LogP contribution in [0.4, 0.5) is 0 Å². The van der Waals surface area contributed by atoms with Crippen molar-refractivity contribution in [2.75, 3.05) is 79.3 Å². The molecule has 4 aromatic carbocycles. The van der Waals surface area contributed by atoms with Gasteiger partial charge < -0.3 is 57.6 Å². The summed E-state index contributed by atoms with van der Waals surface area (Å²) in [4.78, 5) is 43.0. The second-order valence-electron chi connectivity index (χ2n) is 18.4. The molecule has 2 N–H and O–H groups in total. The third-order valence-corrected chi connectivity index (χ3v) is 9.81. The lowest BCUT2D eigenvalue weighted by Gasteiger charge is -2.19. The van der Waals surface area contributed by atoms with Gasteiger partial charge in [-0.1, -0.05) is 128 Å². The molecule has 0 radical (unpaired) electrons. The molecule has 0 amide bonds. The molecule has 2 atom stereocenters. The maximum absolute atomic E-state index is 10.8. The number of hydrogen-bond acceptors (Lipinski definition) is 16. The van der Waals surface area contributed by atoms with E-state index in [9.17, 15) is 29.4 Å². The average molecular weight is 1060 g/mol. The van der Waals surface area contributed by atoms with Gasteiger partial charge in [-0.05, 0) is 84.3 Å². The standard InChI is InChI=1S/C17H24O4.C16H22O4.C14H18O4.C13H16O4/c1-5-16(18)21-13-11-19-10-12-20-15-8-6-14(7-9-15)17(2,3)4;1-5-15(18)20-11-13(17)10-19-14-8-6-12(7-9-14)16(2,3)4;1-3-14(15)18-11-9-16-8-10-17-13-6-4-12(2)5-7-13;1-3-13(15)17-9-11(14)8-16-12-6-4-10(2)5-7-12/h5-9H,1,10-13H2,2-4H3;5-9,13,17H,1,10-11H2,2-4H3;3-7H,1,8-11H2,2H3;3-7,11,14H,1,8-9H2,2H3. The van der Waals surface area contributed by atoms with Gasteiger partial charge in [0.15, 0.2) is 0 Å². The van der Waals surface area contributed by atoms with Crippen LogP contribution in [0.3, 0.4) is 0 Å². The molecule has 0 aliphatic carbocycles. The van der Waals surface area contributed by atoms with Crippen molar-refractivity contribution in [1.82, 2.24) is 0 Å².